The predicted octanol–water partition coefficient (Wildman–Crippen LogP) is 6.14. The van der Waals surface area contributed by atoms with Crippen molar-refractivity contribution in [3.05, 3.63) is 101 Å². The number of hydrogen-bond donors (Lipinski definition) is 1. The molecule has 188 valence electrons. The standard InChI is InChI=1S/C30H29N3O4/c1-5-37-30(35)22-10-14-23(15-11-22)33-28(21-8-6-19(7-9-21)18(2)3)25-26(31-32-27(25)29(33)34)20-12-16-24(36-4)17-13-20/h6-18,28H,5H2,1-4H3,(H,31,32). The van der Waals surface area contributed by atoms with Gasteiger partial charge in [0, 0.05) is 16.8 Å². The molecule has 1 atom stereocenters. The van der Waals surface area contributed by atoms with Gasteiger partial charge in [0.15, 0.2) is 0 Å². The number of anilines is 1. The van der Waals surface area contributed by atoms with Crippen molar-refractivity contribution in [2.24, 2.45) is 0 Å². The van der Waals surface area contributed by atoms with Gasteiger partial charge in [-0.15, -0.1) is 0 Å². The van der Waals surface area contributed by atoms with Gasteiger partial charge >= 0.3 is 5.97 Å². The molecule has 1 aliphatic rings. The Bertz CT molecular complexity index is 1420. The van der Waals surface area contributed by atoms with Crippen LogP contribution >= 0.6 is 0 Å². The lowest BCUT2D eigenvalue weighted by molar-refractivity contribution is 0.0526. The molecule has 0 bridgehead atoms. The Kier molecular flexibility index (Phi) is 6.53. The van der Waals surface area contributed by atoms with Gasteiger partial charge in [-0.25, -0.2) is 4.79 Å². The van der Waals surface area contributed by atoms with Gasteiger partial charge in [-0.1, -0.05) is 38.1 Å². The summed E-state index contributed by atoms with van der Waals surface area (Å²) in [6.07, 6.45) is 0. The molecule has 0 saturated heterocycles. The summed E-state index contributed by atoms with van der Waals surface area (Å²) in [5, 5.41) is 7.54. The highest BCUT2D eigenvalue weighted by atomic mass is 16.5. The van der Waals surface area contributed by atoms with Crippen LogP contribution < -0.4 is 9.64 Å². The van der Waals surface area contributed by atoms with Crippen molar-refractivity contribution < 1.29 is 19.1 Å². The lowest BCUT2D eigenvalue weighted by atomic mass is 9.93. The van der Waals surface area contributed by atoms with E-state index in [0.29, 0.717) is 29.5 Å². The number of carbonyl (C=O) groups excluding carboxylic acids is 2. The minimum absolute atomic E-state index is 0.177. The van der Waals surface area contributed by atoms with E-state index >= 15 is 0 Å². The van der Waals surface area contributed by atoms with E-state index in [1.165, 1.54) is 5.56 Å². The normalized spacial score (nSPS) is 14.7. The van der Waals surface area contributed by atoms with Crippen molar-refractivity contribution in [1.29, 1.82) is 0 Å². The van der Waals surface area contributed by atoms with Crippen molar-refractivity contribution in [1.82, 2.24) is 10.2 Å². The zero-order valence-corrected chi connectivity index (χ0v) is 21.3. The van der Waals surface area contributed by atoms with Crippen LogP contribution in [0.4, 0.5) is 5.69 Å². The maximum atomic E-state index is 13.8. The van der Waals surface area contributed by atoms with Gasteiger partial charge in [0.05, 0.1) is 31.0 Å². The van der Waals surface area contributed by atoms with E-state index in [2.05, 4.69) is 48.3 Å². The first kappa shape index (κ1) is 24.3. The van der Waals surface area contributed by atoms with Gasteiger partial charge in [0.2, 0.25) is 0 Å². The average molecular weight is 496 g/mol. The van der Waals surface area contributed by atoms with Gasteiger partial charge < -0.3 is 9.47 Å². The molecule has 2 heterocycles. The number of nitrogens with one attached hydrogen (secondary N) is 1. The molecule has 1 aliphatic heterocycles. The molecule has 1 aromatic heterocycles. The summed E-state index contributed by atoms with van der Waals surface area (Å²) in [6.45, 7) is 6.38. The number of hydrogen-bond acceptors (Lipinski definition) is 5. The van der Waals surface area contributed by atoms with E-state index in [1.54, 1.807) is 43.2 Å². The van der Waals surface area contributed by atoms with Gasteiger partial charge in [0.25, 0.3) is 5.91 Å². The van der Waals surface area contributed by atoms with E-state index in [4.69, 9.17) is 9.47 Å². The molecular formula is C30H29N3O4. The molecule has 0 saturated carbocycles. The first-order valence-electron chi connectivity index (χ1n) is 12.4. The number of ether oxygens (including phenoxy) is 2. The summed E-state index contributed by atoms with van der Waals surface area (Å²) in [7, 11) is 1.63. The van der Waals surface area contributed by atoms with Crippen LogP contribution in [-0.2, 0) is 4.74 Å². The van der Waals surface area contributed by atoms with Crippen molar-refractivity contribution in [2.45, 2.75) is 32.7 Å². The number of amides is 1. The Balaban J connectivity index is 1.62. The van der Waals surface area contributed by atoms with Crippen LogP contribution in [-0.4, -0.2) is 35.8 Å². The van der Waals surface area contributed by atoms with E-state index in [9.17, 15) is 9.59 Å². The number of carbonyl (C=O) groups is 2. The molecular weight excluding hydrogens is 466 g/mol. The Morgan fingerprint density at radius 2 is 1.68 bits per heavy atom. The van der Waals surface area contributed by atoms with Crippen LogP contribution in [0.5, 0.6) is 5.75 Å². The zero-order valence-electron chi connectivity index (χ0n) is 21.3. The second-order valence-electron chi connectivity index (χ2n) is 9.26. The number of esters is 1. The van der Waals surface area contributed by atoms with Gasteiger partial charge in [-0.2, -0.15) is 5.10 Å². The topological polar surface area (TPSA) is 84.5 Å². The van der Waals surface area contributed by atoms with Gasteiger partial charge in [-0.05, 0) is 72.5 Å². The van der Waals surface area contributed by atoms with E-state index in [-0.39, 0.29) is 11.9 Å². The third kappa shape index (κ3) is 4.37. The van der Waals surface area contributed by atoms with Gasteiger partial charge in [-0.3, -0.25) is 14.8 Å². The Hall–Kier alpha value is -4.39. The highest BCUT2D eigenvalue weighted by molar-refractivity contribution is 6.12. The lowest BCUT2D eigenvalue weighted by Crippen LogP contribution is -2.29. The maximum absolute atomic E-state index is 13.8. The number of aromatic amines is 1. The molecule has 0 radical (unpaired) electrons. The molecule has 1 N–H and O–H groups in total. The second kappa shape index (κ2) is 9.93. The van der Waals surface area contributed by atoms with E-state index < -0.39 is 6.04 Å². The van der Waals surface area contributed by atoms with Crippen molar-refractivity contribution in [3.8, 4) is 17.0 Å². The fraction of sp³-hybridized carbons (Fsp3) is 0.233. The van der Waals surface area contributed by atoms with E-state index in [0.717, 1.165) is 28.1 Å². The van der Waals surface area contributed by atoms with Crippen molar-refractivity contribution in [2.75, 3.05) is 18.6 Å². The first-order chi connectivity index (χ1) is 17.9. The smallest absolute Gasteiger partial charge is 0.338 e. The molecule has 0 aliphatic carbocycles. The summed E-state index contributed by atoms with van der Waals surface area (Å²) in [5.74, 6) is 0.573. The largest absolute Gasteiger partial charge is 0.497 e. The van der Waals surface area contributed by atoms with Crippen LogP contribution in [0.1, 0.15) is 70.3 Å². The molecule has 5 rings (SSSR count). The number of fused-ring (bicyclic) bond motifs is 1. The number of H-pyrrole nitrogens is 1. The number of methoxy groups -OCH3 is 1. The number of aromatic nitrogens is 2. The number of rotatable bonds is 7. The van der Waals surface area contributed by atoms with E-state index in [1.807, 2.05) is 24.3 Å². The molecule has 3 aromatic carbocycles. The van der Waals surface area contributed by atoms with Crippen LogP contribution in [0.2, 0.25) is 0 Å². The third-order valence-corrected chi connectivity index (χ3v) is 6.71. The molecule has 7 nitrogen and oxygen atoms in total. The predicted molar refractivity (Wildman–Crippen MR) is 142 cm³/mol. The summed E-state index contributed by atoms with van der Waals surface area (Å²) in [6, 6.07) is 22.6. The summed E-state index contributed by atoms with van der Waals surface area (Å²) >= 11 is 0. The van der Waals surface area contributed by atoms with Crippen LogP contribution in [0.15, 0.2) is 72.8 Å². The lowest BCUT2D eigenvalue weighted by Gasteiger charge is -2.27. The van der Waals surface area contributed by atoms with Gasteiger partial charge in [0.1, 0.15) is 11.4 Å². The highest BCUT2D eigenvalue weighted by Gasteiger charge is 2.43. The monoisotopic (exact) mass is 495 g/mol. The van der Waals surface area contributed by atoms with Crippen LogP contribution in [0.3, 0.4) is 0 Å². The molecule has 1 unspecified atom stereocenters. The van der Waals surface area contributed by atoms with Crippen molar-refractivity contribution >= 4 is 17.6 Å². The number of benzene rings is 3. The fourth-order valence-electron chi connectivity index (χ4n) is 4.73. The number of nitrogens with zero attached hydrogens (tertiary/aromatic N) is 2. The highest BCUT2D eigenvalue weighted by Crippen LogP contribution is 2.45. The first-order valence-corrected chi connectivity index (χ1v) is 12.4. The Morgan fingerprint density at radius 1 is 1.00 bits per heavy atom. The molecule has 7 heteroatoms. The second-order valence-corrected chi connectivity index (χ2v) is 9.26. The Morgan fingerprint density at radius 3 is 2.27 bits per heavy atom. The third-order valence-electron chi connectivity index (χ3n) is 6.71. The molecule has 4 aromatic rings. The Labute approximate surface area is 216 Å². The fourth-order valence-corrected chi connectivity index (χ4v) is 4.73. The molecule has 0 fully saturated rings. The maximum Gasteiger partial charge on any atom is 0.338 e. The zero-order chi connectivity index (χ0) is 26.1. The minimum Gasteiger partial charge on any atom is -0.497 e. The SMILES string of the molecule is CCOC(=O)c1ccc(N2C(=O)c3[nH]nc(-c4ccc(OC)cc4)c3C2c2ccc(C(C)C)cc2)cc1. The quantitative estimate of drug-likeness (QED) is 0.312. The summed E-state index contributed by atoms with van der Waals surface area (Å²) in [4.78, 5) is 27.7. The van der Waals surface area contributed by atoms with Crippen molar-refractivity contribution in [3.63, 3.8) is 0 Å². The van der Waals surface area contributed by atoms with Crippen LogP contribution in [0, 0.1) is 0 Å². The minimum atomic E-state index is -0.395. The average Bonchev–Trinajstić information content (AvgIpc) is 3.48. The molecule has 1 amide bonds. The molecule has 37 heavy (non-hydrogen) atoms. The van der Waals surface area contributed by atoms with Crippen LogP contribution in [0.25, 0.3) is 11.3 Å². The molecule has 0 spiro atoms. The summed E-state index contributed by atoms with van der Waals surface area (Å²) in [5.41, 5.74) is 6.20. The summed E-state index contributed by atoms with van der Waals surface area (Å²) < 4.78 is 10.4.